The summed E-state index contributed by atoms with van der Waals surface area (Å²) in [6.07, 6.45) is 7.03. The third-order valence-electron chi connectivity index (χ3n) is 1.50. The minimum atomic E-state index is -2.64. The molecule has 0 N–H and O–H groups in total. The zero-order chi connectivity index (χ0) is 9.23. The Morgan fingerprint density at radius 1 is 1.17 bits per heavy atom. The lowest BCUT2D eigenvalue weighted by atomic mass is 10.1. The van der Waals surface area contributed by atoms with Gasteiger partial charge in [-0.1, -0.05) is 18.9 Å². The molecule has 0 aliphatic rings. The van der Waals surface area contributed by atoms with Crippen LogP contribution >= 0.6 is 0 Å². The third kappa shape index (κ3) is 9.65. The van der Waals surface area contributed by atoms with E-state index in [1.54, 1.807) is 0 Å². The Labute approximate surface area is 75.6 Å². The van der Waals surface area contributed by atoms with E-state index in [0.29, 0.717) is 6.61 Å². The SMILES string of the molecule is C=CCCCCCCO[SH](=O)=O. The van der Waals surface area contributed by atoms with Gasteiger partial charge < -0.3 is 0 Å². The van der Waals surface area contributed by atoms with Gasteiger partial charge in [-0.15, -0.1) is 6.58 Å². The summed E-state index contributed by atoms with van der Waals surface area (Å²) >= 11 is 0. The van der Waals surface area contributed by atoms with Crippen molar-refractivity contribution < 1.29 is 12.6 Å². The molecule has 0 amide bonds. The maximum atomic E-state index is 9.94. The van der Waals surface area contributed by atoms with Gasteiger partial charge in [-0.25, -0.2) is 8.42 Å². The molecule has 0 aliphatic carbocycles. The second kappa shape index (κ2) is 8.74. The summed E-state index contributed by atoms with van der Waals surface area (Å²) in [7, 11) is -2.64. The van der Waals surface area contributed by atoms with Crippen LogP contribution in [-0.2, 0) is 15.2 Å². The molecule has 0 saturated heterocycles. The summed E-state index contributed by atoms with van der Waals surface area (Å²) in [4.78, 5) is 0. The van der Waals surface area contributed by atoms with Crippen LogP contribution in [0.15, 0.2) is 12.7 Å². The van der Waals surface area contributed by atoms with E-state index in [1.807, 2.05) is 6.08 Å². The molecule has 0 aliphatic heterocycles. The lowest BCUT2D eigenvalue weighted by Crippen LogP contribution is -1.91. The zero-order valence-corrected chi connectivity index (χ0v) is 8.09. The van der Waals surface area contributed by atoms with Crippen molar-refractivity contribution in [2.75, 3.05) is 6.61 Å². The molecule has 3 nitrogen and oxygen atoms in total. The van der Waals surface area contributed by atoms with Crippen LogP contribution in [0.2, 0.25) is 0 Å². The van der Waals surface area contributed by atoms with E-state index < -0.39 is 11.0 Å². The quantitative estimate of drug-likeness (QED) is 0.361. The zero-order valence-electron chi connectivity index (χ0n) is 7.20. The first kappa shape index (κ1) is 11.6. The largest absolute Gasteiger partial charge is 0.272 e. The molecule has 0 rings (SSSR count). The Kier molecular flexibility index (Phi) is 8.49. The van der Waals surface area contributed by atoms with E-state index in [9.17, 15) is 8.42 Å². The van der Waals surface area contributed by atoms with Crippen molar-refractivity contribution >= 4 is 11.0 Å². The second-order valence-electron chi connectivity index (χ2n) is 2.55. The summed E-state index contributed by atoms with van der Waals surface area (Å²) in [5.74, 6) is 0. The van der Waals surface area contributed by atoms with Gasteiger partial charge in [0.15, 0.2) is 0 Å². The van der Waals surface area contributed by atoms with Gasteiger partial charge in [-0.3, -0.25) is 4.18 Å². The van der Waals surface area contributed by atoms with Gasteiger partial charge in [0.25, 0.3) is 11.0 Å². The van der Waals surface area contributed by atoms with Crippen molar-refractivity contribution in [1.82, 2.24) is 0 Å². The van der Waals surface area contributed by atoms with Crippen LogP contribution in [0.5, 0.6) is 0 Å². The van der Waals surface area contributed by atoms with Crippen molar-refractivity contribution in [3.05, 3.63) is 12.7 Å². The number of allylic oxidation sites excluding steroid dienone is 1. The third-order valence-corrected chi connectivity index (χ3v) is 1.89. The topological polar surface area (TPSA) is 43.4 Å². The average molecular weight is 192 g/mol. The van der Waals surface area contributed by atoms with Crippen LogP contribution in [0, 0.1) is 0 Å². The Bertz CT molecular complexity index is 167. The average Bonchev–Trinajstić information content (AvgIpc) is 2.02. The van der Waals surface area contributed by atoms with Gasteiger partial charge in [0.2, 0.25) is 0 Å². The molecule has 0 saturated carbocycles. The lowest BCUT2D eigenvalue weighted by Gasteiger charge is -1.97. The van der Waals surface area contributed by atoms with E-state index >= 15 is 0 Å². The standard InChI is InChI=1S/C8H16O3S/c1-2-3-4-5-6-7-8-11-12(9)10/h2,12H,1,3-8H2. The highest BCUT2D eigenvalue weighted by molar-refractivity contribution is 7.67. The fourth-order valence-electron chi connectivity index (χ4n) is 0.883. The van der Waals surface area contributed by atoms with E-state index in [-0.39, 0.29) is 0 Å². The van der Waals surface area contributed by atoms with Gasteiger partial charge in [-0.2, -0.15) is 0 Å². The summed E-state index contributed by atoms with van der Waals surface area (Å²) in [6.45, 7) is 3.94. The van der Waals surface area contributed by atoms with Crippen molar-refractivity contribution in [3.8, 4) is 0 Å². The first-order valence-electron chi connectivity index (χ1n) is 4.15. The molecule has 0 aromatic heterocycles. The maximum Gasteiger partial charge on any atom is 0.257 e. The van der Waals surface area contributed by atoms with E-state index in [2.05, 4.69) is 10.8 Å². The molecule has 0 bridgehead atoms. The predicted molar refractivity (Wildman–Crippen MR) is 49.5 cm³/mol. The molecule has 0 heterocycles. The van der Waals surface area contributed by atoms with Crippen molar-refractivity contribution in [1.29, 1.82) is 0 Å². The molecule has 0 unspecified atom stereocenters. The fraction of sp³-hybridized carbons (Fsp3) is 0.750. The molecular formula is C8H16O3S. The summed E-state index contributed by atoms with van der Waals surface area (Å²) in [5, 5.41) is 0. The second-order valence-corrected chi connectivity index (χ2v) is 3.25. The highest BCUT2D eigenvalue weighted by Gasteiger charge is 1.90. The Hall–Kier alpha value is -0.350. The van der Waals surface area contributed by atoms with Gasteiger partial charge in [0.1, 0.15) is 0 Å². The van der Waals surface area contributed by atoms with Gasteiger partial charge >= 0.3 is 0 Å². The Morgan fingerprint density at radius 3 is 2.42 bits per heavy atom. The van der Waals surface area contributed by atoms with Crippen LogP contribution in [0.3, 0.4) is 0 Å². The summed E-state index contributed by atoms with van der Waals surface area (Å²) < 4.78 is 24.3. The minimum Gasteiger partial charge on any atom is -0.272 e. The summed E-state index contributed by atoms with van der Waals surface area (Å²) in [5.41, 5.74) is 0. The van der Waals surface area contributed by atoms with Gasteiger partial charge in [0.05, 0.1) is 6.61 Å². The molecule has 72 valence electrons. The Balaban J connectivity index is 2.95. The van der Waals surface area contributed by atoms with Crippen LogP contribution in [0.1, 0.15) is 32.1 Å². The molecule has 0 atom stereocenters. The monoisotopic (exact) mass is 192 g/mol. The number of hydrogen-bond donors (Lipinski definition) is 1. The van der Waals surface area contributed by atoms with Crippen molar-refractivity contribution in [3.63, 3.8) is 0 Å². The van der Waals surface area contributed by atoms with E-state index in [0.717, 1.165) is 32.1 Å². The fourth-order valence-corrected chi connectivity index (χ4v) is 1.16. The van der Waals surface area contributed by atoms with Crippen molar-refractivity contribution in [2.24, 2.45) is 0 Å². The molecule has 12 heavy (non-hydrogen) atoms. The molecule has 0 spiro atoms. The number of thiol groups is 1. The molecule has 0 aromatic rings. The normalized spacial score (nSPS) is 10.4. The number of hydrogen-bond acceptors (Lipinski definition) is 3. The number of rotatable bonds is 8. The maximum absolute atomic E-state index is 9.94. The molecule has 0 radical (unpaired) electrons. The first-order chi connectivity index (χ1) is 5.77. The first-order valence-corrected chi connectivity index (χ1v) is 5.25. The van der Waals surface area contributed by atoms with Gasteiger partial charge in [-0.05, 0) is 19.3 Å². The minimum absolute atomic E-state index is 0.326. The molecule has 4 heteroatoms. The highest BCUT2D eigenvalue weighted by atomic mass is 32.2. The van der Waals surface area contributed by atoms with Gasteiger partial charge in [0, 0.05) is 0 Å². The molecule has 0 aromatic carbocycles. The number of unbranched alkanes of at least 4 members (excludes halogenated alkanes) is 4. The lowest BCUT2D eigenvalue weighted by molar-refractivity contribution is 0.320. The van der Waals surface area contributed by atoms with Crippen LogP contribution in [0.4, 0.5) is 0 Å². The van der Waals surface area contributed by atoms with E-state index in [1.165, 1.54) is 0 Å². The summed E-state index contributed by atoms with van der Waals surface area (Å²) in [6, 6.07) is 0. The van der Waals surface area contributed by atoms with Crippen LogP contribution < -0.4 is 0 Å². The van der Waals surface area contributed by atoms with E-state index in [4.69, 9.17) is 0 Å². The smallest absolute Gasteiger partial charge is 0.257 e. The predicted octanol–water partition coefficient (Wildman–Crippen LogP) is 1.67. The van der Waals surface area contributed by atoms with Crippen molar-refractivity contribution in [2.45, 2.75) is 32.1 Å². The molecule has 0 fully saturated rings. The Morgan fingerprint density at radius 2 is 1.83 bits per heavy atom. The highest BCUT2D eigenvalue weighted by Crippen LogP contribution is 2.02. The molecular weight excluding hydrogens is 176 g/mol. The van der Waals surface area contributed by atoms with Crippen LogP contribution in [-0.4, -0.2) is 15.0 Å². The van der Waals surface area contributed by atoms with Crippen LogP contribution in [0.25, 0.3) is 0 Å².